The lowest BCUT2D eigenvalue weighted by Gasteiger charge is -2.01. The summed E-state index contributed by atoms with van der Waals surface area (Å²) in [4.78, 5) is 23.6. The molecule has 0 bridgehead atoms. The smallest absolute Gasteiger partial charge is 0.226 e. The Morgan fingerprint density at radius 1 is 1.19 bits per heavy atom. The topological polar surface area (TPSA) is 81.2 Å². The summed E-state index contributed by atoms with van der Waals surface area (Å²) in [6.07, 6.45) is 0.284. The molecule has 0 radical (unpaired) electrons. The summed E-state index contributed by atoms with van der Waals surface area (Å²) in [6.45, 7) is 0.361. The molecule has 21 heavy (non-hydrogen) atoms. The zero-order chi connectivity index (χ0) is 15.1. The zero-order valence-corrected chi connectivity index (χ0v) is 12.4. The third-order valence-corrected chi connectivity index (χ3v) is 3.47. The number of hydrogen-bond acceptors (Lipinski definition) is 6. The van der Waals surface area contributed by atoms with E-state index in [1.807, 2.05) is 6.07 Å². The maximum Gasteiger partial charge on any atom is 0.226 e. The monoisotopic (exact) mass is 305 g/mol. The van der Waals surface area contributed by atoms with Gasteiger partial charge in [0.1, 0.15) is 11.6 Å². The maximum atomic E-state index is 11.9. The molecule has 0 unspecified atom stereocenters. The van der Waals surface area contributed by atoms with Gasteiger partial charge in [-0.2, -0.15) is 0 Å². The minimum atomic E-state index is -0.251. The molecule has 2 rings (SSSR count). The van der Waals surface area contributed by atoms with Crippen molar-refractivity contribution in [1.29, 1.82) is 0 Å². The van der Waals surface area contributed by atoms with Crippen LogP contribution >= 0.6 is 11.3 Å². The second kappa shape index (κ2) is 7.61. The quantitative estimate of drug-likeness (QED) is 0.794. The van der Waals surface area contributed by atoms with Crippen molar-refractivity contribution >= 4 is 28.2 Å². The summed E-state index contributed by atoms with van der Waals surface area (Å²) in [5, 5.41) is 11.4. The molecule has 6 nitrogen and oxygen atoms in total. The first-order chi connectivity index (χ1) is 10.2. The van der Waals surface area contributed by atoms with E-state index in [1.165, 1.54) is 11.3 Å². The van der Waals surface area contributed by atoms with Crippen molar-refractivity contribution in [2.24, 2.45) is 0 Å². The van der Waals surface area contributed by atoms with E-state index in [1.54, 1.807) is 31.4 Å². The lowest BCUT2D eigenvalue weighted by molar-refractivity contribution is -0.116. The summed E-state index contributed by atoms with van der Waals surface area (Å²) < 4.78 is 4.92. The molecule has 0 spiro atoms. The van der Waals surface area contributed by atoms with E-state index in [2.05, 4.69) is 15.5 Å². The van der Waals surface area contributed by atoms with Gasteiger partial charge in [0.05, 0.1) is 0 Å². The van der Waals surface area contributed by atoms with Crippen LogP contribution in [0.5, 0.6) is 0 Å². The maximum absolute atomic E-state index is 11.9. The van der Waals surface area contributed by atoms with Crippen LogP contribution < -0.4 is 5.32 Å². The average Bonchev–Trinajstić information content (AvgIpc) is 2.93. The Morgan fingerprint density at radius 2 is 1.95 bits per heavy atom. The van der Waals surface area contributed by atoms with Gasteiger partial charge in [0.2, 0.25) is 11.0 Å². The molecule has 0 fully saturated rings. The molecule has 0 aliphatic heterocycles. The van der Waals surface area contributed by atoms with Crippen LogP contribution in [0.15, 0.2) is 30.3 Å². The fourth-order valence-corrected chi connectivity index (χ4v) is 2.39. The van der Waals surface area contributed by atoms with E-state index >= 15 is 0 Å². The van der Waals surface area contributed by atoms with Crippen LogP contribution in [0.4, 0.5) is 5.13 Å². The van der Waals surface area contributed by atoms with Gasteiger partial charge in [-0.25, -0.2) is 0 Å². The summed E-state index contributed by atoms with van der Waals surface area (Å²) in [5.41, 5.74) is 0.614. The standard InChI is InChI=1S/C14H15N3O3S/c1-20-9-13-16-17-14(21-13)15-12(19)8-7-11(18)10-5-3-2-4-6-10/h2-6H,7-9H2,1H3,(H,15,17,19). The van der Waals surface area contributed by atoms with Gasteiger partial charge < -0.3 is 10.1 Å². The lowest BCUT2D eigenvalue weighted by Crippen LogP contribution is -2.13. The number of methoxy groups -OCH3 is 1. The number of rotatable bonds is 7. The highest BCUT2D eigenvalue weighted by Crippen LogP contribution is 2.16. The summed E-state index contributed by atoms with van der Waals surface area (Å²) in [6, 6.07) is 8.91. The van der Waals surface area contributed by atoms with Crippen LogP contribution in [-0.4, -0.2) is 29.0 Å². The minimum absolute atomic E-state index is 0.0527. The molecule has 0 aliphatic carbocycles. The average molecular weight is 305 g/mol. The zero-order valence-electron chi connectivity index (χ0n) is 11.5. The van der Waals surface area contributed by atoms with Gasteiger partial charge in [-0.1, -0.05) is 41.7 Å². The molecule has 2 aromatic rings. The highest BCUT2D eigenvalue weighted by Gasteiger charge is 2.11. The third kappa shape index (κ3) is 4.73. The Balaban J connectivity index is 1.80. The molecule has 1 heterocycles. The Bertz CT molecular complexity index is 613. The largest absolute Gasteiger partial charge is 0.377 e. The number of carbonyl (C=O) groups is 2. The normalized spacial score (nSPS) is 10.3. The highest BCUT2D eigenvalue weighted by atomic mass is 32.1. The SMILES string of the molecule is COCc1nnc(NC(=O)CCC(=O)c2ccccc2)s1. The van der Waals surface area contributed by atoms with E-state index < -0.39 is 0 Å². The second-order valence-electron chi connectivity index (χ2n) is 4.27. The van der Waals surface area contributed by atoms with Crippen molar-refractivity contribution in [3.8, 4) is 0 Å². The van der Waals surface area contributed by atoms with Crippen LogP contribution in [0, 0.1) is 0 Å². The number of Topliss-reactive ketones (excluding diaryl/α,β-unsaturated/α-hetero) is 1. The Morgan fingerprint density at radius 3 is 2.67 bits per heavy atom. The number of ether oxygens (including phenoxy) is 1. The van der Waals surface area contributed by atoms with E-state index in [4.69, 9.17) is 4.74 Å². The minimum Gasteiger partial charge on any atom is -0.377 e. The third-order valence-electron chi connectivity index (χ3n) is 2.66. The van der Waals surface area contributed by atoms with Crippen LogP contribution in [0.3, 0.4) is 0 Å². The van der Waals surface area contributed by atoms with Gasteiger partial charge in [0.15, 0.2) is 5.78 Å². The molecule has 7 heteroatoms. The number of amides is 1. The van der Waals surface area contributed by atoms with Crippen molar-refractivity contribution in [2.45, 2.75) is 19.4 Å². The van der Waals surface area contributed by atoms with Gasteiger partial charge in [-0.3, -0.25) is 9.59 Å². The molecule has 1 aromatic heterocycles. The second-order valence-corrected chi connectivity index (χ2v) is 5.33. The highest BCUT2D eigenvalue weighted by molar-refractivity contribution is 7.15. The fourth-order valence-electron chi connectivity index (χ4n) is 1.66. The van der Waals surface area contributed by atoms with Gasteiger partial charge in [-0.15, -0.1) is 10.2 Å². The van der Waals surface area contributed by atoms with Crippen molar-refractivity contribution in [1.82, 2.24) is 10.2 Å². The van der Waals surface area contributed by atoms with Crippen LogP contribution in [0.1, 0.15) is 28.2 Å². The molecule has 0 saturated carbocycles. The molecule has 1 aromatic carbocycles. The van der Waals surface area contributed by atoms with Crippen molar-refractivity contribution in [3.05, 3.63) is 40.9 Å². The van der Waals surface area contributed by atoms with Gasteiger partial charge in [-0.05, 0) is 0 Å². The first-order valence-electron chi connectivity index (χ1n) is 6.38. The van der Waals surface area contributed by atoms with Gasteiger partial charge in [0.25, 0.3) is 0 Å². The Labute approximate surface area is 126 Å². The number of aromatic nitrogens is 2. The first-order valence-corrected chi connectivity index (χ1v) is 7.20. The first kappa shape index (κ1) is 15.3. The molecular weight excluding hydrogens is 290 g/mol. The van der Waals surface area contributed by atoms with E-state index in [-0.39, 0.29) is 24.5 Å². The molecule has 110 valence electrons. The van der Waals surface area contributed by atoms with Gasteiger partial charge in [0, 0.05) is 25.5 Å². The van der Waals surface area contributed by atoms with Crippen LogP contribution in [-0.2, 0) is 16.1 Å². The predicted molar refractivity (Wildman–Crippen MR) is 79.3 cm³/mol. The van der Waals surface area contributed by atoms with Crippen molar-refractivity contribution in [2.75, 3.05) is 12.4 Å². The molecular formula is C14H15N3O3S. The van der Waals surface area contributed by atoms with Crippen LogP contribution in [0.2, 0.25) is 0 Å². The van der Waals surface area contributed by atoms with Gasteiger partial charge >= 0.3 is 0 Å². The van der Waals surface area contributed by atoms with Crippen LogP contribution in [0.25, 0.3) is 0 Å². The number of benzene rings is 1. The number of nitrogens with one attached hydrogen (secondary N) is 1. The summed E-state index contributed by atoms with van der Waals surface area (Å²) in [5.74, 6) is -0.303. The number of ketones is 1. The number of nitrogens with zero attached hydrogens (tertiary/aromatic N) is 2. The molecule has 0 atom stereocenters. The Hall–Kier alpha value is -2.12. The molecule has 0 aliphatic rings. The van der Waals surface area contributed by atoms with Crippen molar-refractivity contribution < 1.29 is 14.3 Å². The summed E-state index contributed by atoms with van der Waals surface area (Å²) >= 11 is 1.25. The van der Waals surface area contributed by atoms with E-state index in [0.29, 0.717) is 22.3 Å². The molecule has 1 N–H and O–H groups in total. The Kier molecular flexibility index (Phi) is 5.53. The number of anilines is 1. The van der Waals surface area contributed by atoms with E-state index in [9.17, 15) is 9.59 Å². The fraction of sp³-hybridized carbons (Fsp3) is 0.286. The summed E-state index contributed by atoms with van der Waals surface area (Å²) in [7, 11) is 1.56. The molecule has 1 amide bonds. The predicted octanol–water partition coefficient (Wildman–Crippen LogP) is 2.29. The number of hydrogen-bond donors (Lipinski definition) is 1. The number of carbonyl (C=O) groups excluding carboxylic acids is 2. The lowest BCUT2D eigenvalue weighted by atomic mass is 10.1. The molecule has 0 saturated heterocycles. The van der Waals surface area contributed by atoms with E-state index in [0.717, 1.165) is 0 Å². The van der Waals surface area contributed by atoms with Crippen molar-refractivity contribution in [3.63, 3.8) is 0 Å².